The van der Waals surface area contributed by atoms with Crippen molar-refractivity contribution in [2.24, 2.45) is 4.99 Å². The van der Waals surface area contributed by atoms with E-state index in [9.17, 15) is 17.6 Å². The lowest BCUT2D eigenvalue weighted by atomic mass is 10.2. The molecule has 1 saturated heterocycles. The van der Waals surface area contributed by atoms with Gasteiger partial charge in [-0.3, -0.25) is 19.4 Å². The van der Waals surface area contributed by atoms with Gasteiger partial charge in [-0.25, -0.2) is 12.8 Å². The predicted octanol–water partition coefficient (Wildman–Crippen LogP) is 1.99. The summed E-state index contributed by atoms with van der Waals surface area (Å²) in [5.74, 6) is 0.0701. The van der Waals surface area contributed by atoms with E-state index in [4.69, 9.17) is 0 Å². The summed E-state index contributed by atoms with van der Waals surface area (Å²) >= 11 is 0. The van der Waals surface area contributed by atoms with Gasteiger partial charge in [-0.2, -0.15) is 0 Å². The Balaban J connectivity index is 1.30. The Morgan fingerprint density at radius 2 is 1.81 bits per heavy atom. The summed E-state index contributed by atoms with van der Waals surface area (Å²) in [6, 6.07) is 13.2. The fourth-order valence-electron chi connectivity index (χ4n) is 3.90. The summed E-state index contributed by atoms with van der Waals surface area (Å²) in [6.45, 7) is 3.90. The summed E-state index contributed by atoms with van der Waals surface area (Å²) in [4.78, 5) is 21.3. The molecule has 2 aliphatic rings. The molecule has 2 aromatic rings. The van der Waals surface area contributed by atoms with Crippen molar-refractivity contribution >= 4 is 21.8 Å². The van der Waals surface area contributed by atoms with Gasteiger partial charge in [0.1, 0.15) is 11.7 Å². The quantitative estimate of drug-likeness (QED) is 0.765. The Bertz CT molecular complexity index is 1090. The third-order valence-corrected chi connectivity index (χ3v) is 6.92. The van der Waals surface area contributed by atoms with Crippen molar-refractivity contribution in [1.29, 1.82) is 0 Å². The van der Waals surface area contributed by atoms with Crippen molar-refractivity contribution < 1.29 is 17.6 Å². The molecule has 0 aliphatic carbocycles. The molecule has 2 heterocycles. The molecule has 0 spiro atoms. The van der Waals surface area contributed by atoms with E-state index in [1.807, 2.05) is 4.90 Å². The first-order chi connectivity index (χ1) is 14.9. The van der Waals surface area contributed by atoms with E-state index in [0.29, 0.717) is 24.5 Å². The van der Waals surface area contributed by atoms with Crippen LogP contribution in [-0.2, 0) is 21.4 Å². The highest BCUT2D eigenvalue weighted by Gasteiger charge is 2.30. The van der Waals surface area contributed by atoms with Crippen molar-refractivity contribution in [3.63, 3.8) is 0 Å². The van der Waals surface area contributed by atoms with E-state index in [2.05, 4.69) is 14.6 Å². The summed E-state index contributed by atoms with van der Waals surface area (Å²) in [5, 5.41) is 0. The Morgan fingerprint density at radius 3 is 2.61 bits per heavy atom. The minimum atomic E-state index is -3.57. The highest BCUT2D eigenvalue weighted by molar-refractivity contribution is 7.90. The molecule has 0 radical (unpaired) electrons. The molecule has 0 atom stereocenters. The van der Waals surface area contributed by atoms with E-state index in [0.717, 1.165) is 31.6 Å². The zero-order valence-corrected chi connectivity index (χ0v) is 17.9. The topological polar surface area (TPSA) is 82.1 Å². The number of hydrogen-bond acceptors (Lipinski definition) is 5. The number of amidine groups is 1. The van der Waals surface area contributed by atoms with E-state index in [-0.39, 0.29) is 29.6 Å². The molecule has 0 bridgehead atoms. The minimum absolute atomic E-state index is 0.0159. The number of halogens is 1. The Labute approximate surface area is 181 Å². The number of aliphatic imine (C=N–C) groups is 1. The largest absolute Gasteiger partial charge is 0.341 e. The Kier molecular flexibility index (Phi) is 6.33. The summed E-state index contributed by atoms with van der Waals surface area (Å²) < 4.78 is 39.8. The first-order valence-electron chi connectivity index (χ1n) is 10.3. The molecule has 0 aromatic heterocycles. The van der Waals surface area contributed by atoms with Crippen LogP contribution in [0.3, 0.4) is 0 Å². The lowest BCUT2D eigenvalue weighted by molar-refractivity contribution is -0.130. The highest BCUT2D eigenvalue weighted by Crippen LogP contribution is 2.22. The Morgan fingerprint density at radius 1 is 1.03 bits per heavy atom. The number of hydrogen-bond donors (Lipinski definition) is 1. The van der Waals surface area contributed by atoms with Crippen LogP contribution in [0.5, 0.6) is 0 Å². The molecule has 2 aliphatic heterocycles. The Hall–Kier alpha value is -2.78. The molecule has 1 amide bonds. The average Bonchev–Trinajstić information content (AvgIpc) is 2.89. The zero-order valence-electron chi connectivity index (χ0n) is 17.1. The van der Waals surface area contributed by atoms with Gasteiger partial charge in [-0.05, 0) is 36.2 Å². The van der Waals surface area contributed by atoms with Crippen LogP contribution in [0.2, 0.25) is 0 Å². The molecule has 4 rings (SSSR count). The number of carbonyl (C=O) groups excluding carboxylic acids is 1. The van der Waals surface area contributed by atoms with Crippen LogP contribution < -0.4 is 4.72 Å². The van der Waals surface area contributed by atoms with Crippen molar-refractivity contribution in [3.05, 3.63) is 65.5 Å². The first kappa shape index (κ1) is 21.5. The number of nitrogens with zero attached hydrogens (tertiary/aromatic N) is 3. The second kappa shape index (κ2) is 9.15. The maximum Gasteiger partial charge on any atom is 0.263 e. The predicted molar refractivity (Wildman–Crippen MR) is 116 cm³/mol. The molecule has 1 fully saturated rings. The molecule has 31 heavy (non-hydrogen) atoms. The zero-order chi connectivity index (χ0) is 21.8. The van der Waals surface area contributed by atoms with Crippen molar-refractivity contribution in [1.82, 2.24) is 14.5 Å². The van der Waals surface area contributed by atoms with Gasteiger partial charge in [0.05, 0.1) is 11.4 Å². The number of carbonyl (C=O) groups is 1. The lowest BCUT2D eigenvalue weighted by Crippen LogP contribution is -2.35. The smallest absolute Gasteiger partial charge is 0.263 e. The van der Waals surface area contributed by atoms with Crippen LogP contribution in [0.25, 0.3) is 0 Å². The van der Waals surface area contributed by atoms with Crippen LogP contribution in [0.4, 0.5) is 4.39 Å². The van der Waals surface area contributed by atoms with E-state index in [1.54, 1.807) is 36.4 Å². The SMILES string of the molecule is O=C(CCN=C1NS(=O)(=O)c2ccccc21)N1CCCN(Cc2ccc(F)cc2)CC1. The summed E-state index contributed by atoms with van der Waals surface area (Å²) in [5.41, 5.74) is 1.59. The van der Waals surface area contributed by atoms with Crippen LogP contribution in [0.15, 0.2) is 58.4 Å². The van der Waals surface area contributed by atoms with Gasteiger partial charge in [0, 0.05) is 44.7 Å². The number of rotatable bonds is 5. The van der Waals surface area contributed by atoms with Crippen molar-refractivity contribution in [2.75, 3.05) is 32.7 Å². The number of fused-ring (bicyclic) bond motifs is 1. The van der Waals surface area contributed by atoms with Gasteiger partial charge in [0.25, 0.3) is 10.0 Å². The third-order valence-electron chi connectivity index (χ3n) is 5.52. The standard InChI is InChI=1S/C22H25FN4O3S/c23-18-8-6-17(7-9-18)16-26-12-3-13-27(15-14-26)21(28)10-11-24-22-19-4-1-2-5-20(19)31(29,30)25-22/h1-2,4-9H,3,10-16H2,(H,24,25). The summed E-state index contributed by atoms with van der Waals surface area (Å²) in [6.07, 6.45) is 1.10. The molecule has 2 aromatic carbocycles. The fraction of sp³-hybridized carbons (Fsp3) is 0.364. The van der Waals surface area contributed by atoms with E-state index in [1.165, 1.54) is 12.1 Å². The van der Waals surface area contributed by atoms with Gasteiger partial charge >= 0.3 is 0 Å². The van der Waals surface area contributed by atoms with E-state index >= 15 is 0 Å². The van der Waals surface area contributed by atoms with Gasteiger partial charge in [-0.15, -0.1) is 0 Å². The second-order valence-corrected chi connectivity index (χ2v) is 9.37. The second-order valence-electron chi connectivity index (χ2n) is 7.72. The van der Waals surface area contributed by atoms with Gasteiger partial charge in [0.15, 0.2) is 0 Å². The molecule has 1 N–H and O–H groups in total. The number of amides is 1. The molecule has 7 nitrogen and oxygen atoms in total. The number of benzene rings is 2. The van der Waals surface area contributed by atoms with Crippen LogP contribution in [-0.4, -0.2) is 62.7 Å². The molecule has 164 valence electrons. The first-order valence-corrected chi connectivity index (χ1v) is 11.8. The minimum Gasteiger partial charge on any atom is -0.341 e. The fourth-order valence-corrected chi connectivity index (χ4v) is 5.15. The maximum absolute atomic E-state index is 13.1. The van der Waals surface area contributed by atoms with Crippen LogP contribution in [0, 0.1) is 5.82 Å². The van der Waals surface area contributed by atoms with E-state index < -0.39 is 10.0 Å². The third kappa shape index (κ3) is 5.11. The molecule has 0 unspecified atom stereocenters. The molecular formula is C22H25FN4O3S. The normalized spacial score (nSPS) is 19.6. The number of nitrogens with one attached hydrogen (secondary N) is 1. The van der Waals surface area contributed by atoms with Gasteiger partial charge in [0.2, 0.25) is 5.91 Å². The molecule has 9 heteroatoms. The summed E-state index contributed by atoms with van der Waals surface area (Å²) in [7, 11) is -3.57. The molecular weight excluding hydrogens is 419 g/mol. The van der Waals surface area contributed by atoms with Crippen molar-refractivity contribution in [2.45, 2.75) is 24.3 Å². The van der Waals surface area contributed by atoms with Crippen LogP contribution in [0.1, 0.15) is 24.0 Å². The lowest BCUT2D eigenvalue weighted by Gasteiger charge is -2.22. The van der Waals surface area contributed by atoms with Crippen molar-refractivity contribution in [3.8, 4) is 0 Å². The number of sulfonamides is 1. The maximum atomic E-state index is 13.1. The molecule has 0 saturated carbocycles. The van der Waals surface area contributed by atoms with Gasteiger partial charge < -0.3 is 4.90 Å². The monoisotopic (exact) mass is 444 g/mol. The average molecular weight is 445 g/mol. The highest BCUT2D eigenvalue weighted by atomic mass is 32.2. The van der Waals surface area contributed by atoms with Gasteiger partial charge in [-0.1, -0.05) is 24.3 Å². The van der Waals surface area contributed by atoms with Crippen LogP contribution >= 0.6 is 0 Å².